The van der Waals surface area contributed by atoms with Crippen LogP contribution in [0.4, 0.5) is 0 Å². The van der Waals surface area contributed by atoms with Crippen molar-refractivity contribution in [2.24, 2.45) is 7.05 Å². The number of imidazole rings is 1. The van der Waals surface area contributed by atoms with Crippen LogP contribution >= 0.6 is 0 Å². The number of nitrogens with zero attached hydrogens (tertiary/aromatic N) is 5. The SMILES string of the molecule is Cc1n(Cn2nnc3ccccc32)cc[n+]1C. The predicted octanol–water partition coefficient (Wildman–Crippen LogP) is 0.872. The molecule has 86 valence electrons. The lowest BCUT2D eigenvalue weighted by molar-refractivity contribution is -0.677. The average molecular weight is 228 g/mol. The Kier molecular flexibility index (Phi) is 2.18. The Balaban J connectivity index is 2.03. The molecule has 0 fully saturated rings. The molecule has 5 nitrogen and oxygen atoms in total. The normalized spacial score (nSPS) is 11.2. The molecule has 17 heavy (non-hydrogen) atoms. The van der Waals surface area contributed by atoms with Gasteiger partial charge in [0.15, 0.2) is 6.67 Å². The first-order chi connectivity index (χ1) is 8.25. The summed E-state index contributed by atoms with van der Waals surface area (Å²) >= 11 is 0. The zero-order chi connectivity index (χ0) is 11.8. The molecule has 2 aromatic heterocycles. The lowest BCUT2D eigenvalue weighted by Crippen LogP contribution is -2.30. The highest BCUT2D eigenvalue weighted by atomic mass is 15.5. The fourth-order valence-corrected chi connectivity index (χ4v) is 1.91. The fraction of sp³-hybridized carbons (Fsp3) is 0.250. The minimum absolute atomic E-state index is 0.688. The van der Waals surface area contributed by atoms with Gasteiger partial charge in [0.25, 0.3) is 5.82 Å². The number of rotatable bonds is 2. The first kappa shape index (κ1) is 10.0. The third-order valence-corrected chi connectivity index (χ3v) is 3.10. The molecule has 5 heteroatoms. The Labute approximate surface area is 98.9 Å². The Morgan fingerprint density at radius 2 is 2.12 bits per heavy atom. The predicted molar refractivity (Wildman–Crippen MR) is 63.3 cm³/mol. The van der Waals surface area contributed by atoms with Crippen molar-refractivity contribution in [1.29, 1.82) is 0 Å². The number of hydrogen-bond acceptors (Lipinski definition) is 2. The summed E-state index contributed by atoms with van der Waals surface area (Å²) in [6, 6.07) is 7.99. The molecule has 0 bridgehead atoms. The number of para-hydroxylation sites is 1. The van der Waals surface area contributed by atoms with Crippen LogP contribution in [-0.2, 0) is 13.7 Å². The van der Waals surface area contributed by atoms with E-state index in [1.807, 2.05) is 48.4 Å². The highest BCUT2D eigenvalue weighted by Gasteiger charge is 2.11. The van der Waals surface area contributed by atoms with E-state index < -0.39 is 0 Å². The highest BCUT2D eigenvalue weighted by molar-refractivity contribution is 5.73. The van der Waals surface area contributed by atoms with Gasteiger partial charge in [-0.15, -0.1) is 5.10 Å². The standard InChI is InChI=1S/C12H14N5/c1-10-15(2)7-8-16(10)9-17-12-6-4-3-5-11(12)13-14-17/h3-8H,9H2,1-2H3/q+1. The van der Waals surface area contributed by atoms with Crippen LogP contribution in [0.5, 0.6) is 0 Å². The van der Waals surface area contributed by atoms with Gasteiger partial charge in [0.2, 0.25) is 0 Å². The summed E-state index contributed by atoms with van der Waals surface area (Å²) in [5, 5.41) is 8.32. The van der Waals surface area contributed by atoms with Gasteiger partial charge in [0.05, 0.1) is 12.6 Å². The molecule has 0 atom stereocenters. The average Bonchev–Trinajstić information content (AvgIpc) is 2.89. The Morgan fingerprint density at radius 1 is 1.29 bits per heavy atom. The van der Waals surface area contributed by atoms with Gasteiger partial charge in [-0.25, -0.2) is 13.8 Å². The maximum atomic E-state index is 4.18. The highest BCUT2D eigenvalue weighted by Crippen LogP contribution is 2.09. The van der Waals surface area contributed by atoms with Crippen molar-refractivity contribution < 1.29 is 4.57 Å². The fourth-order valence-electron chi connectivity index (χ4n) is 1.91. The van der Waals surface area contributed by atoms with E-state index in [0.29, 0.717) is 6.67 Å². The van der Waals surface area contributed by atoms with Gasteiger partial charge >= 0.3 is 0 Å². The van der Waals surface area contributed by atoms with E-state index in [1.54, 1.807) is 0 Å². The van der Waals surface area contributed by atoms with E-state index in [4.69, 9.17) is 0 Å². The van der Waals surface area contributed by atoms with Crippen LogP contribution in [-0.4, -0.2) is 19.6 Å². The van der Waals surface area contributed by atoms with Crippen molar-refractivity contribution >= 4 is 11.0 Å². The van der Waals surface area contributed by atoms with E-state index in [1.165, 1.54) is 5.82 Å². The summed E-state index contributed by atoms with van der Waals surface area (Å²) in [4.78, 5) is 0. The number of aromatic nitrogens is 5. The quantitative estimate of drug-likeness (QED) is 0.611. The number of fused-ring (bicyclic) bond motifs is 1. The van der Waals surface area contributed by atoms with Gasteiger partial charge < -0.3 is 0 Å². The Bertz CT molecular complexity index is 664. The van der Waals surface area contributed by atoms with Crippen LogP contribution < -0.4 is 4.57 Å². The molecule has 0 aliphatic rings. The summed E-state index contributed by atoms with van der Waals surface area (Å²) < 4.78 is 6.13. The molecule has 0 radical (unpaired) electrons. The molecule has 2 heterocycles. The minimum atomic E-state index is 0.688. The molecule has 0 spiro atoms. The van der Waals surface area contributed by atoms with E-state index in [0.717, 1.165) is 11.0 Å². The smallest absolute Gasteiger partial charge is 0.237 e. The van der Waals surface area contributed by atoms with Crippen LogP contribution in [0, 0.1) is 6.92 Å². The summed E-state index contributed by atoms with van der Waals surface area (Å²) in [6.45, 7) is 2.77. The minimum Gasteiger partial charge on any atom is -0.237 e. The number of benzene rings is 1. The number of hydrogen-bond donors (Lipinski definition) is 0. The van der Waals surface area contributed by atoms with Crippen molar-refractivity contribution in [3.8, 4) is 0 Å². The molecule has 0 aliphatic carbocycles. The van der Waals surface area contributed by atoms with Crippen molar-refractivity contribution in [1.82, 2.24) is 19.6 Å². The second-order valence-corrected chi connectivity index (χ2v) is 4.15. The van der Waals surface area contributed by atoms with Gasteiger partial charge in [-0.2, -0.15) is 0 Å². The van der Waals surface area contributed by atoms with Crippen molar-refractivity contribution in [2.45, 2.75) is 13.6 Å². The van der Waals surface area contributed by atoms with Gasteiger partial charge in [-0.05, 0) is 12.1 Å². The van der Waals surface area contributed by atoms with Crippen LogP contribution in [0.2, 0.25) is 0 Å². The van der Waals surface area contributed by atoms with Gasteiger partial charge in [-0.3, -0.25) is 0 Å². The molecular weight excluding hydrogens is 214 g/mol. The summed E-state index contributed by atoms with van der Waals surface area (Å²) in [5.74, 6) is 1.18. The zero-order valence-corrected chi connectivity index (χ0v) is 9.91. The Morgan fingerprint density at radius 3 is 2.88 bits per heavy atom. The second-order valence-electron chi connectivity index (χ2n) is 4.15. The first-order valence-corrected chi connectivity index (χ1v) is 5.55. The first-order valence-electron chi connectivity index (χ1n) is 5.55. The molecule has 0 aliphatic heterocycles. The summed E-state index contributed by atoms with van der Waals surface area (Å²) in [6.07, 6.45) is 4.08. The molecule has 1 aromatic carbocycles. The molecule has 0 amide bonds. The Hall–Kier alpha value is -2.17. The van der Waals surface area contributed by atoms with E-state index in [2.05, 4.69) is 26.4 Å². The molecule has 0 N–H and O–H groups in total. The van der Waals surface area contributed by atoms with Gasteiger partial charge in [0, 0.05) is 6.92 Å². The maximum Gasteiger partial charge on any atom is 0.254 e. The second kappa shape index (κ2) is 3.69. The van der Waals surface area contributed by atoms with Crippen LogP contribution in [0.15, 0.2) is 36.7 Å². The molecule has 3 aromatic rings. The third kappa shape index (κ3) is 1.60. The molecule has 0 unspecified atom stereocenters. The van der Waals surface area contributed by atoms with Gasteiger partial charge in [0.1, 0.15) is 17.9 Å². The molecular formula is C12H14N5+. The number of aryl methyl sites for hydroxylation is 1. The lowest BCUT2D eigenvalue weighted by atomic mass is 10.3. The third-order valence-electron chi connectivity index (χ3n) is 3.10. The molecule has 0 saturated heterocycles. The zero-order valence-electron chi connectivity index (χ0n) is 9.91. The lowest BCUT2D eigenvalue weighted by Gasteiger charge is -2.00. The summed E-state index contributed by atoms with van der Waals surface area (Å²) in [5.41, 5.74) is 1.99. The van der Waals surface area contributed by atoms with Crippen molar-refractivity contribution in [3.05, 3.63) is 42.5 Å². The topological polar surface area (TPSA) is 39.5 Å². The van der Waals surface area contributed by atoms with E-state index in [9.17, 15) is 0 Å². The van der Waals surface area contributed by atoms with Crippen LogP contribution in [0.1, 0.15) is 5.82 Å². The maximum absolute atomic E-state index is 4.18. The monoisotopic (exact) mass is 228 g/mol. The van der Waals surface area contributed by atoms with Crippen LogP contribution in [0.25, 0.3) is 11.0 Å². The van der Waals surface area contributed by atoms with E-state index >= 15 is 0 Å². The summed E-state index contributed by atoms with van der Waals surface area (Å²) in [7, 11) is 2.03. The van der Waals surface area contributed by atoms with Crippen molar-refractivity contribution in [3.63, 3.8) is 0 Å². The van der Waals surface area contributed by atoms with Crippen LogP contribution in [0.3, 0.4) is 0 Å². The molecule has 3 rings (SSSR count). The van der Waals surface area contributed by atoms with E-state index in [-0.39, 0.29) is 0 Å². The molecule has 0 saturated carbocycles. The largest absolute Gasteiger partial charge is 0.254 e. The van der Waals surface area contributed by atoms with Crippen molar-refractivity contribution in [2.75, 3.05) is 0 Å². The van der Waals surface area contributed by atoms with Gasteiger partial charge in [-0.1, -0.05) is 17.3 Å².